The average Bonchev–Trinajstić information content (AvgIpc) is 3.09. The van der Waals surface area contributed by atoms with Crippen molar-refractivity contribution in [2.45, 2.75) is 11.3 Å². The van der Waals surface area contributed by atoms with Crippen molar-refractivity contribution in [3.63, 3.8) is 0 Å². The average molecular weight is 451 g/mol. The third-order valence-electron chi connectivity index (χ3n) is 3.99. The third kappa shape index (κ3) is 4.17. The van der Waals surface area contributed by atoms with E-state index in [9.17, 15) is 8.42 Å². The molecule has 24 heavy (non-hydrogen) atoms. The number of halogens is 2. The van der Waals surface area contributed by atoms with Crippen LogP contribution < -0.4 is 0 Å². The van der Waals surface area contributed by atoms with Crippen LogP contribution in [0.25, 0.3) is 0 Å². The van der Waals surface area contributed by atoms with Gasteiger partial charge in [0, 0.05) is 43.8 Å². The van der Waals surface area contributed by atoms with Crippen molar-refractivity contribution in [2.75, 3.05) is 32.7 Å². The monoisotopic (exact) mass is 449 g/mol. The molecule has 0 unspecified atom stereocenters. The summed E-state index contributed by atoms with van der Waals surface area (Å²) < 4.78 is 27.4. The minimum Gasteiger partial charge on any atom is -0.300 e. The Hall–Kier alpha value is -0.510. The predicted molar refractivity (Wildman–Crippen MR) is 100 cm³/mol. The SMILES string of the molecule is O=S(=O)(c1cnc(Cl)c(Br)c1)N1CCN(CCc2cccs2)CC1. The summed E-state index contributed by atoms with van der Waals surface area (Å²) in [7, 11) is -3.53. The highest BCUT2D eigenvalue weighted by molar-refractivity contribution is 9.10. The molecule has 3 heterocycles. The second-order valence-corrected chi connectivity index (χ2v) is 9.70. The smallest absolute Gasteiger partial charge is 0.244 e. The number of thiophene rings is 1. The molecule has 0 N–H and O–H groups in total. The minimum atomic E-state index is -3.53. The fourth-order valence-electron chi connectivity index (χ4n) is 2.61. The summed E-state index contributed by atoms with van der Waals surface area (Å²) in [6, 6.07) is 5.70. The van der Waals surface area contributed by atoms with Crippen molar-refractivity contribution in [2.24, 2.45) is 0 Å². The van der Waals surface area contributed by atoms with Crippen LogP contribution in [0.4, 0.5) is 0 Å². The molecular formula is C15H17BrClN3O2S2. The number of nitrogens with zero attached hydrogens (tertiary/aromatic N) is 3. The Morgan fingerprint density at radius 1 is 1.29 bits per heavy atom. The Labute approximate surface area is 159 Å². The first-order valence-electron chi connectivity index (χ1n) is 7.53. The first-order valence-corrected chi connectivity index (χ1v) is 11.0. The summed E-state index contributed by atoms with van der Waals surface area (Å²) in [5.74, 6) is 0. The molecule has 3 rings (SSSR count). The van der Waals surface area contributed by atoms with E-state index in [1.807, 2.05) is 0 Å². The van der Waals surface area contributed by atoms with Crippen LogP contribution >= 0.6 is 38.9 Å². The van der Waals surface area contributed by atoms with Crippen molar-refractivity contribution in [1.82, 2.24) is 14.2 Å². The largest absolute Gasteiger partial charge is 0.300 e. The van der Waals surface area contributed by atoms with Crippen LogP contribution in [0.15, 0.2) is 39.1 Å². The minimum absolute atomic E-state index is 0.172. The molecule has 0 atom stereocenters. The number of rotatable bonds is 5. The normalized spacial score (nSPS) is 17.2. The zero-order valence-electron chi connectivity index (χ0n) is 12.9. The molecule has 0 aromatic carbocycles. The molecule has 1 saturated heterocycles. The molecule has 0 aliphatic carbocycles. The van der Waals surface area contributed by atoms with Crippen LogP contribution in [0.1, 0.15) is 4.88 Å². The van der Waals surface area contributed by atoms with Gasteiger partial charge in [0.15, 0.2) is 0 Å². The van der Waals surface area contributed by atoms with E-state index >= 15 is 0 Å². The first-order chi connectivity index (χ1) is 11.5. The van der Waals surface area contributed by atoms with Gasteiger partial charge in [0.1, 0.15) is 10.0 Å². The van der Waals surface area contributed by atoms with Crippen molar-refractivity contribution >= 4 is 48.9 Å². The Kier molecular flexibility index (Phi) is 5.94. The van der Waals surface area contributed by atoms with Gasteiger partial charge in [-0.15, -0.1) is 11.3 Å². The number of piperazine rings is 1. The Balaban J connectivity index is 1.59. The maximum Gasteiger partial charge on any atom is 0.244 e. The van der Waals surface area contributed by atoms with Gasteiger partial charge in [0.2, 0.25) is 10.0 Å². The van der Waals surface area contributed by atoms with Crippen LogP contribution in [0.3, 0.4) is 0 Å². The summed E-state index contributed by atoms with van der Waals surface area (Å²) in [6.45, 7) is 3.43. The quantitative estimate of drug-likeness (QED) is 0.657. The molecule has 9 heteroatoms. The number of aromatic nitrogens is 1. The van der Waals surface area contributed by atoms with Crippen molar-refractivity contribution in [1.29, 1.82) is 0 Å². The van der Waals surface area contributed by atoms with E-state index in [1.165, 1.54) is 21.4 Å². The fourth-order valence-corrected chi connectivity index (χ4v) is 5.31. The van der Waals surface area contributed by atoms with Gasteiger partial charge in [-0.05, 0) is 39.9 Å². The van der Waals surface area contributed by atoms with E-state index in [0.29, 0.717) is 17.6 Å². The topological polar surface area (TPSA) is 53.5 Å². The highest BCUT2D eigenvalue weighted by Crippen LogP contribution is 2.25. The third-order valence-corrected chi connectivity index (χ3v) is 7.93. The highest BCUT2D eigenvalue weighted by atomic mass is 79.9. The number of sulfonamides is 1. The molecule has 2 aromatic rings. The summed E-state index contributed by atoms with van der Waals surface area (Å²) in [6.07, 6.45) is 2.32. The fraction of sp³-hybridized carbons (Fsp3) is 0.400. The van der Waals surface area contributed by atoms with Gasteiger partial charge in [0.25, 0.3) is 0 Å². The lowest BCUT2D eigenvalue weighted by molar-refractivity contribution is 0.190. The van der Waals surface area contributed by atoms with E-state index in [4.69, 9.17) is 11.6 Å². The predicted octanol–water partition coefficient (Wildman–Crippen LogP) is 3.11. The Morgan fingerprint density at radius 3 is 2.67 bits per heavy atom. The highest BCUT2D eigenvalue weighted by Gasteiger charge is 2.29. The van der Waals surface area contributed by atoms with Gasteiger partial charge in [0.05, 0.1) is 4.47 Å². The second kappa shape index (κ2) is 7.80. The molecule has 1 aliphatic heterocycles. The lowest BCUT2D eigenvalue weighted by Crippen LogP contribution is -2.49. The lowest BCUT2D eigenvalue weighted by atomic mass is 10.3. The van der Waals surface area contributed by atoms with Crippen LogP contribution in [-0.4, -0.2) is 55.3 Å². The van der Waals surface area contributed by atoms with Crippen molar-refractivity contribution in [3.8, 4) is 0 Å². The number of pyridine rings is 1. The van der Waals surface area contributed by atoms with Crippen molar-refractivity contribution < 1.29 is 8.42 Å². The van der Waals surface area contributed by atoms with Gasteiger partial charge < -0.3 is 4.90 Å². The molecule has 130 valence electrons. The zero-order chi connectivity index (χ0) is 17.2. The summed E-state index contributed by atoms with van der Waals surface area (Å²) >= 11 is 10.8. The van der Waals surface area contributed by atoms with Crippen molar-refractivity contribution in [3.05, 3.63) is 44.3 Å². The van der Waals surface area contributed by atoms with E-state index in [2.05, 4.69) is 43.3 Å². The molecule has 0 saturated carbocycles. The maximum absolute atomic E-state index is 12.7. The van der Waals surface area contributed by atoms with E-state index in [0.717, 1.165) is 26.1 Å². The molecule has 5 nitrogen and oxygen atoms in total. The molecular weight excluding hydrogens is 434 g/mol. The summed E-state index contributed by atoms with van der Waals surface area (Å²) in [5.41, 5.74) is 0. The van der Waals surface area contributed by atoms with Crippen LogP contribution in [0.2, 0.25) is 5.15 Å². The van der Waals surface area contributed by atoms with Gasteiger partial charge in [-0.1, -0.05) is 17.7 Å². The Morgan fingerprint density at radius 2 is 2.04 bits per heavy atom. The standard InChI is InChI=1S/C15H17BrClN3O2S2/c16-14-10-13(11-18-15(14)17)24(21,22)20-7-5-19(6-8-20)4-3-12-2-1-9-23-12/h1-2,9-11H,3-8H2. The lowest BCUT2D eigenvalue weighted by Gasteiger charge is -2.33. The van der Waals surface area contributed by atoms with E-state index < -0.39 is 10.0 Å². The Bertz CT molecular complexity index is 791. The van der Waals surface area contributed by atoms with E-state index in [-0.39, 0.29) is 10.0 Å². The van der Waals surface area contributed by atoms with Crippen LogP contribution in [0.5, 0.6) is 0 Å². The number of hydrogen-bond donors (Lipinski definition) is 0. The molecule has 0 spiro atoms. The summed E-state index contributed by atoms with van der Waals surface area (Å²) in [5, 5.41) is 2.34. The van der Waals surface area contributed by atoms with Crippen LogP contribution in [-0.2, 0) is 16.4 Å². The first kappa shape index (κ1) is 18.3. The number of hydrogen-bond acceptors (Lipinski definition) is 5. The molecule has 0 bridgehead atoms. The molecule has 1 aliphatic rings. The van der Waals surface area contributed by atoms with Gasteiger partial charge >= 0.3 is 0 Å². The second-order valence-electron chi connectivity index (χ2n) is 5.52. The van der Waals surface area contributed by atoms with Gasteiger partial charge in [-0.2, -0.15) is 4.31 Å². The molecule has 2 aromatic heterocycles. The van der Waals surface area contributed by atoms with Gasteiger partial charge in [-0.3, -0.25) is 0 Å². The maximum atomic E-state index is 12.7. The zero-order valence-corrected chi connectivity index (χ0v) is 16.8. The molecule has 0 amide bonds. The molecule has 0 radical (unpaired) electrons. The van der Waals surface area contributed by atoms with E-state index in [1.54, 1.807) is 11.3 Å². The van der Waals surface area contributed by atoms with Gasteiger partial charge in [-0.25, -0.2) is 13.4 Å². The summed E-state index contributed by atoms with van der Waals surface area (Å²) in [4.78, 5) is 7.76. The molecule has 1 fully saturated rings. The van der Waals surface area contributed by atoms with Crippen LogP contribution in [0, 0.1) is 0 Å².